The van der Waals surface area contributed by atoms with Gasteiger partial charge in [-0.05, 0) is 40.8 Å². The maximum absolute atomic E-state index is 11.2. The summed E-state index contributed by atoms with van der Waals surface area (Å²) < 4.78 is 0.467. The standard InChI is InChI=1S/C9H14BrN3OS/c1-15-5-3-2-4-11-8-7(10)9(14)13-6-12-8/h6H,2-5H2,1H3,(H2,11,12,13,14). The van der Waals surface area contributed by atoms with Crippen molar-refractivity contribution in [1.29, 1.82) is 0 Å². The van der Waals surface area contributed by atoms with Gasteiger partial charge in [0.05, 0.1) is 6.33 Å². The lowest BCUT2D eigenvalue weighted by atomic mass is 10.3. The fourth-order valence-corrected chi connectivity index (χ4v) is 1.93. The van der Waals surface area contributed by atoms with Gasteiger partial charge in [0.1, 0.15) is 10.3 Å². The Kier molecular flexibility index (Phi) is 5.78. The third-order valence-corrected chi connectivity index (χ3v) is 3.30. The number of anilines is 1. The van der Waals surface area contributed by atoms with Crippen molar-refractivity contribution in [3.05, 3.63) is 21.2 Å². The zero-order valence-corrected chi connectivity index (χ0v) is 10.9. The SMILES string of the molecule is CSCCCCNc1nc[nH]c(=O)c1Br. The molecule has 84 valence electrons. The maximum atomic E-state index is 11.2. The van der Waals surface area contributed by atoms with Crippen LogP contribution in [0.3, 0.4) is 0 Å². The molecule has 0 aromatic carbocycles. The van der Waals surface area contributed by atoms with Gasteiger partial charge in [0.2, 0.25) is 0 Å². The molecule has 0 aliphatic rings. The van der Waals surface area contributed by atoms with Crippen LogP contribution in [0.15, 0.2) is 15.6 Å². The predicted octanol–water partition coefficient (Wildman–Crippen LogP) is 2.09. The molecule has 0 fully saturated rings. The molecule has 0 unspecified atom stereocenters. The van der Waals surface area contributed by atoms with Gasteiger partial charge < -0.3 is 10.3 Å². The van der Waals surface area contributed by atoms with Crippen molar-refractivity contribution >= 4 is 33.5 Å². The molecule has 4 nitrogen and oxygen atoms in total. The van der Waals surface area contributed by atoms with E-state index in [0.717, 1.165) is 13.0 Å². The largest absolute Gasteiger partial charge is 0.369 e. The quantitative estimate of drug-likeness (QED) is 0.788. The molecule has 0 spiro atoms. The van der Waals surface area contributed by atoms with E-state index in [9.17, 15) is 4.79 Å². The van der Waals surface area contributed by atoms with Gasteiger partial charge in [-0.3, -0.25) is 4.79 Å². The summed E-state index contributed by atoms with van der Waals surface area (Å²) in [4.78, 5) is 17.7. The normalized spacial score (nSPS) is 10.3. The Balaban J connectivity index is 2.38. The lowest BCUT2D eigenvalue weighted by molar-refractivity contribution is 0.837. The van der Waals surface area contributed by atoms with E-state index in [1.54, 1.807) is 0 Å². The van der Waals surface area contributed by atoms with Crippen LogP contribution in [0.5, 0.6) is 0 Å². The molecule has 0 saturated heterocycles. The zero-order chi connectivity index (χ0) is 11.1. The maximum Gasteiger partial charge on any atom is 0.267 e. The highest BCUT2D eigenvalue weighted by Crippen LogP contribution is 2.13. The molecule has 0 bridgehead atoms. The van der Waals surface area contributed by atoms with Gasteiger partial charge in [0, 0.05) is 6.54 Å². The summed E-state index contributed by atoms with van der Waals surface area (Å²) in [5, 5.41) is 3.13. The highest BCUT2D eigenvalue weighted by Gasteiger charge is 2.03. The monoisotopic (exact) mass is 291 g/mol. The minimum Gasteiger partial charge on any atom is -0.369 e. The van der Waals surface area contributed by atoms with Crippen molar-refractivity contribution in [2.24, 2.45) is 0 Å². The Hall–Kier alpha value is -0.490. The molecule has 0 aliphatic heterocycles. The summed E-state index contributed by atoms with van der Waals surface area (Å²) in [6.45, 7) is 0.843. The number of hydrogen-bond donors (Lipinski definition) is 2. The van der Waals surface area contributed by atoms with Crippen LogP contribution in [-0.2, 0) is 0 Å². The molecule has 0 aliphatic carbocycles. The van der Waals surface area contributed by atoms with E-state index in [-0.39, 0.29) is 5.56 Å². The number of thioether (sulfide) groups is 1. The van der Waals surface area contributed by atoms with Crippen LogP contribution in [0.2, 0.25) is 0 Å². The first-order chi connectivity index (χ1) is 7.25. The van der Waals surface area contributed by atoms with E-state index >= 15 is 0 Å². The zero-order valence-electron chi connectivity index (χ0n) is 8.55. The van der Waals surface area contributed by atoms with Crippen molar-refractivity contribution in [2.75, 3.05) is 23.9 Å². The second-order valence-corrected chi connectivity index (χ2v) is 4.80. The van der Waals surface area contributed by atoms with Gasteiger partial charge in [-0.2, -0.15) is 11.8 Å². The fourth-order valence-electron chi connectivity index (χ4n) is 1.08. The number of rotatable bonds is 6. The Morgan fingerprint density at radius 1 is 1.60 bits per heavy atom. The van der Waals surface area contributed by atoms with Gasteiger partial charge in [-0.1, -0.05) is 0 Å². The molecular weight excluding hydrogens is 278 g/mol. The predicted molar refractivity (Wildman–Crippen MR) is 68.7 cm³/mol. The number of unbranched alkanes of at least 4 members (excludes halogenated alkanes) is 1. The van der Waals surface area contributed by atoms with E-state index in [4.69, 9.17) is 0 Å². The first-order valence-electron chi connectivity index (χ1n) is 4.71. The van der Waals surface area contributed by atoms with Crippen LogP contribution in [0.4, 0.5) is 5.82 Å². The van der Waals surface area contributed by atoms with Crippen molar-refractivity contribution in [3.63, 3.8) is 0 Å². The van der Waals surface area contributed by atoms with E-state index in [1.165, 1.54) is 18.5 Å². The number of halogens is 1. The van der Waals surface area contributed by atoms with E-state index in [0.29, 0.717) is 10.3 Å². The third-order valence-electron chi connectivity index (χ3n) is 1.86. The van der Waals surface area contributed by atoms with Crippen LogP contribution in [0.1, 0.15) is 12.8 Å². The number of hydrogen-bond acceptors (Lipinski definition) is 4. The first kappa shape index (κ1) is 12.6. The Morgan fingerprint density at radius 2 is 2.40 bits per heavy atom. The molecule has 1 heterocycles. The van der Waals surface area contributed by atoms with Gasteiger partial charge in [0.25, 0.3) is 5.56 Å². The van der Waals surface area contributed by atoms with Crippen LogP contribution in [0.25, 0.3) is 0 Å². The summed E-state index contributed by atoms with van der Waals surface area (Å²) >= 11 is 5.04. The van der Waals surface area contributed by atoms with Gasteiger partial charge in [0.15, 0.2) is 0 Å². The summed E-state index contributed by atoms with van der Waals surface area (Å²) in [5.74, 6) is 1.79. The average Bonchev–Trinajstić information content (AvgIpc) is 2.24. The Bertz CT molecular complexity index is 355. The smallest absolute Gasteiger partial charge is 0.267 e. The molecule has 0 atom stereocenters. The summed E-state index contributed by atoms with van der Waals surface area (Å²) in [6, 6.07) is 0. The topological polar surface area (TPSA) is 57.8 Å². The summed E-state index contributed by atoms with van der Waals surface area (Å²) in [7, 11) is 0. The second kappa shape index (κ2) is 6.90. The van der Waals surface area contributed by atoms with Crippen molar-refractivity contribution < 1.29 is 0 Å². The number of aromatic nitrogens is 2. The molecule has 1 aromatic heterocycles. The van der Waals surface area contributed by atoms with E-state index in [1.807, 2.05) is 11.8 Å². The van der Waals surface area contributed by atoms with Gasteiger partial charge in [-0.25, -0.2) is 4.98 Å². The summed E-state index contributed by atoms with van der Waals surface area (Å²) in [6.07, 6.45) is 5.76. The van der Waals surface area contributed by atoms with Crippen molar-refractivity contribution in [1.82, 2.24) is 9.97 Å². The van der Waals surface area contributed by atoms with E-state index in [2.05, 4.69) is 37.5 Å². The van der Waals surface area contributed by atoms with Crippen LogP contribution in [-0.4, -0.2) is 28.5 Å². The second-order valence-electron chi connectivity index (χ2n) is 3.02. The molecule has 1 rings (SSSR count). The Morgan fingerprint density at radius 3 is 3.13 bits per heavy atom. The fraction of sp³-hybridized carbons (Fsp3) is 0.556. The first-order valence-corrected chi connectivity index (χ1v) is 6.90. The van der Waals surface area contributed by atoms with E-state index < -0.39 is 0 Å². The molecule has 15 heavy (non-hydrogen) atoms. The number of nitrogens with zero attached hydrogens (tertiary/aromatic N) is 1. The number of nitrogens with one attached hydrogen (secondary N) is 2. The highest BCUT2D eigenvalue weighted by atomic mass is 79.9. The average molecular weight is 292 g/mol. The third kappa shape index (κ3) is 4.25. The lowest BCUT2D eigenvalue weighted by Crippen LogP contribution is -2.12. The molecule has 6 heteroatoms. The molecule has 0 radical (unpaired) electrons. The highest BCUT2D eigenvalue weighted by molar-refractivity contribution is 9.10. The number of aromatic amines is 1. The molecule has 2 N–H and O–H groups in total. The van der Waals surface area contributed by atoms with Crippen LogP contribution in [0, 0.1) is 0 Å². The minimum atomic E-state index is -0.156. The van der Waals surface area contributed by atoms with Crippen molar-refractivity contribution in [3.8, 4) is 0 Å². The Labute approximate surface area is 101 Å². The van der Waals surface area contributed by atoms with Crippen molar-refractivity contribution in [2.45, 2.75) is 12.8 Å². The summed E-state index contributed by atoms with van der Waals surface area (Å²) in [5.41, 5.74) is -0.156. The molecule has 0 amide bonds. The van der Waals surface area contributed by atoms with Gasteiger partial charge >= 0.3 is 0 Å². The number of H-pyrrole nitrogens is 1. The minimum absolute atomic E-state index is 0.156. The molecular formula is C9H14BrN3OS. The van der Waals surface area contributed by atoms with Crippen LogP contribution < -0.4 is 10.9 Å². The van der Waals surface area contributed by atoms with Crippen LogP contribution >= 0.6 is 27.7 Å². The molecule has 1 aromatic rings. The lowest BCUT2D eigenvalue weighted by Gasteiger charge is -2.05. The van der Waals surface area contributed by atoms with Gasteiger partial charge in [-0.15, -0.1) is 0 Å². The molecule has 0 saturated carbocycles.